The van der Waals surface area contributed by atoms with E-state index >= 15 is 0 Å². The first-order valence-electron chi connectivity index (χ1n) is 6.29. The van der Waals surface area contributed by atoms with E-state index in [1.54, 1.807) is 0 Å². The molecular weight excluding hydrogens is 274 g/mol. The fraction of sp³-hybridized carbons (Fsp3) is 0.214. The molecular formula is C14H15N3O4. The number of rotatable bonds is 5. The Hall–Kier alpha value is -2.51. The molecule has 0 bridgehead atoms. The lowest BCUT2D eigenvalue weighted by Gasteiger charge is -2.08. The van der Waals surface area contributed by atoms with Gasteiger partial charge in [0.2, 0.25) is 0 Å². The van der Waals surface area contributed by atoms with Crippen LogP contribution in [0.4, 0.5) is 4.79 Å². The summed E-state index contributed by atoms with van der Waals surface area (Å²) in [5, 5.41) is 20.7. The highest BCUT2D eigenvalue weighted by Crippen LogP contribution is 2.11. The fourth-order valence-corrected chi connectivity index (χ4v) is 1.55. The Labute approximate surface area is 121 Å². The molecule has 7 nitrogen and oxygen atoms in total. The van der Waals surface area contributed by atoms with Gasteiger partial charge in [0.25, 0.3) is 0 Å². The second-order valence-electron chi connectivity index (χ2n) is 4.20. The smallest absolute Gasteiger partial charge is 0.407 e. The van der Waals surface area contributed by atoms with Crippen molar-refractivity contribution in [2.45, 2.75) is 12.6 Å². The first-order valence-corrected chi connectivity index (χ1v) is 6.29. The molecule has 0 aliphatic carbocycles. The predicted molar refractivity (Wildman–Crippen MR) is 73.4 cm³/mol. The molecule has 2 aromatic rings. The molecule has 3 N–H and O–H groups in total. The molecule has 0 radical (unpaired) electrons. The minimum absolute atomic E-state index is 0.0644. The molecule has 1 atom stereocenters. The normalized spacial score (nSPS) is 11.7. The van der Waals surface area contributed by atoms with Crippen LogP contribution in [0.5, 0.6) is 5.75 Å². The summed E-state index contributed by atoms with van der Waals surface area (Å²) in [6.45, 7) is -0.125. The number of aromatic nitrogens is 2. The van der Waals surface area contributed by atoms with Gasteiger partial charge in [-0.3, -0.25) is 0 Å². The highest BCUT2D eigenvalue weighted by atomic mass is 16.6. The standard InChI is InChI=1S/C14H15N3O4/c18-9-12(19)13-15-7-11(8-16-13)21-14(20)17-6-10-4-2-1-3-5-10/h1-5,7-8,12,18-19H,6,9H2,(H,17,20). The number of nitrogens with one attached hydrogen (secondary N) is 1. The van der Waals surface area contributed by atoms with E-state index in [4.69, 9.17) is 9.84 Å². The zero-order valence-corrected chi connectivity index (χ0v) is 11.1. The minimum atomic E-state index is -1.15. The second-order valence-corrected chi connectivity index (χ2v) is 4.20. The van der Waals surface area contributed by atoms with Crippen LogP contribution in [0, 0.1) is 0 Å². The number of aliphatic hydroxyl groups is 2. The molecule has 1 aromatic heterocycles. The molecule has 7 heteroatoms. The summed E-state index contributed by atoms with van der Waals surface area (Å²) < 4.78 is 4.99. The van der Waals surface area contributed by atoms with Gasteiger partial charge < -0.3 is 20.3 Å². The molecule has 0 saturated heterocycles. The Kier molecular flexibility index (Phi) is 5.19. The van der Waals surface area contributed by atoms with E-state index in [-0.39, 0.29) is 11.6 Å². The monoisotopic (exact) mass is 289 g/mol. The lowest BCUT2D eigenvalue weighted by molar-refractivity contribution is 0.0884. The van der Waals surface area contributed by atoms with Gasteiger partial charge in [-0.2, -0.15) is 0 Å². The van der Waals surface area contributed by atoms with Gasteiger partial charge in [0, 0.05) is 6.54 Å². The van der Waals surface area contributed by atoms with Crippen molar-refractivity contribution in [3.63, 3.8) is 0 Å². The van der Waals surface area contributed by atoms with Crippen molar-refractivity contribution in [2.75, 3.05) is 6.61 Å². The largest absolute Gasteiger partial charge is 0.412 e. The van der Waals surface area contributed by atoms with Crippen molar-refractivity contribution >= 4 is 6.09 Å². The van der Waals surface area contributed by atoms with Gasteiger partial charge >= 0.3 is 6.09 Å². The average molecular weight is 289 g/mol. The molecule has 1 unspecified atom stereocenters. The third kappa shape index (κ3) is 4.51. The van der Waals surface area contributed by atoms with Crippen LogP contribution in [0.3, 0.4) is 0 Å². The number of benzene rings is 1. The summed E-state index contributed by atoms with van der Waals surface area (Å²) in [7, 11) is 0. The van der Waals surface area contributed by atoms with Crippen LogP contribution < -0.4 is 10.1 Å². The molecule has 1 aromatic carbocycles. The maximum absolute atomic E-state index is 11.6. The van der Waals surface area contributed by atoms with Gasteiger partial charge in [-0.05, 0) is 5.56 Å². The molecule has 0 saturated carbocycles. The van der Waals surface area contributed by atoms with Gasteiger partial charge in [0.15, 0.2) is 11.6 Å². The van der Waals surface area contributed by atoms with Crippen LogP contribution in [0.2, 0.25) is 0 Å². The van der Waals surface area contributed by atoms with Crippen LogP contribution >= 0.6 is 0 Å². The first-order chi connectivity index (χ1) is 10.2. The zero-order valence-electron chi connectivity index (χ0n) is 11.1. The summed E-state index contributed by atoms with van der Waals surface area (Å²) >= 11 is 0. The van der Waals surface area contributed by atoms with Gasteiger partial charge in [0.05, 0.1) is 19.0 Å². The van der Waals surface area contributed by atoms with Gasteiger partial charge in [-0.1, -0.05) is 30.3 Å². The van der Waals surface area contributed by atoms with Crippen molar-refractivity contribution in [1.82, 2.24) is 15.3 Å². The maximum atomic E-state index is 11.6. The molecule has 0 aliphatic heterocycles. The van der Waals surface area contributed by atoms with Crippen molar-refractivity contribution in [2.24, 2.45) is 0 Å². The molecule has 2 rings (SSSR count). The number of ether oxygens (including phenoxy) is 1. The van der Waals surface area contributed by atoms with Gasteiger partial charge in [0.1, 0.15) is 6.10 Å². The SMILES string of the molecule is O=C(NCc1ccccc1)Oc1cnc(C(O)CO)nc1. The average Bonchev–Trinajstić information content (AvgIpc) is 2.54. The maximum Gasteiger partial charge on any atom is 0.412 e. The molecule has 1 heterocycles. The van der Waals surface area contributed by atoms with E-state index in [2.05, 4.69) is 15.3 Å². The molecule has 0 fully saturated rings. The van der Waals surface area contributed by atoms with Crippen molar-refractivity contribution in [3.8, 4) is 5.75 Å². The Morgan fingerprint density at radius 3 is 2.52 bits per heavy atom. The number of carbonyl (C=O) groups is 1. The zero-order chi connectivity index (χ0) is 15.1. The van der Waals surface area contributed by atoms with Crippen LogP contribution in [-0.2, 0) is 6.54 Å². The van der Waals surface area contributed by atoms with Crippen LogP contribution in [0.25, 0.3) is 0 Å². The van der Waals surface area contributed by atoms with Crippen molar-refractivity contribution in [1.29, 1.82) is 0 Å². The lowest BCUT2D eigenvalue weighted by Crippen LogP contribution is -2.26. The van der Waals surface area contributed by atoms with E-state index in [0.29, 0.717) is 6.54 Å². The number of amides is 1. The summed E-state index contributed by atoms with van der Waals surface area (Å²) in [6, 6.07) is 9.41. The predicted octanol–water partition coefficient (Wildman–Crippen LogP) is 0.791. The van der Waals surface area contributed by atoms with Gasteiger partial charge in [-0.15, -0.1) is 0 Å². The number of carbonyl (C=O) groups excluding carboxylic acids is 1. The van der Waals surface area contributed by atoms with Crippen LogP contribution in [0.15, 0.2) is 42.7 Å². The third-order valence-electron chi connectivity index (χ3n) is 2.61. The Morgan fingerprint density at radius 1 is 1.24 bits per heavy atom. The Bertz CT molecular complexity index is 575. The Morgan fingerprint density at radius 2 is 1.90 bits per heavy atom. The minimum Gasteiger partial charge on any atom is -0.407 e. The summed E-state index contributed by atoms with van der Waals surface area (Å²) in [5.41, 5.74) is 0.951. The van der Waals surface area contributed by atoms with Crippen molar-refractivity contribution < 1.29 is 19.7 Å². The molecule has 21 heavy (non-hydrogen) atoms. The number of aliphatic hydroxyl groups excluding tert-OH is 2. The highest BCUT2D eigenvalue weighted by molar-refractivity contribution is 5.70. The second kappa shape index (κ2) is 7.32. The Balaban J connectivity index is 1.85. The first kappa shape index (κ1) is 14.9. The topological polar surface area (TPSA) is 105 Å². The molecule has 110 valence electrons. The van der Waals surface area contributed by atoms with Gasteiger partial charge in [-0.25, -0.2) is 14.8 Å². The van der Waals surface area contributed by atoms with E-state index in [1.165, 1.54) is 12.4 Å². The number of hydrogen-bond acceptors (Lipinski definition) is 6. The van der Waals surface area contributed by atoms with E-state index in [0.717, 1.165) is 5.56 Å². The molecule has 0 aliphatic rings. The number of hydrogen-bond donors (Lipinski definition) is 3. The third-order valence-corrected chi connectivity index (χ3v) is 2.61. The van der Waals surface area contributed by atoms with Crippen LogP contribution in [0.1, 0.15) is 17.5 Å². The summed E-state index contributed by atoms with van der Waals surface area (Å²) in [6.07, 6.45) is 0.732. The molecule has 1 amide bonds. The quantitative estimate of drug-likeness (QED) is 0.751. The number of nitrogens with zero attached hydrogens (tertiary/aromatic N) is 2. The van der Waals surface area contributed by atoms with Crippen molar-refractivity contribution in [3.05, 3.63) is 54.1 Å². The fourth-order valence-electron chi connectivity index (χ4n) is 1.55. The highest BCUT2D eigenvalue weighted by Gasteiger charge is 2.10. The van der Waals surface area contributed by atoms with E-state index < -0.39 is 18.8 Å². The van der Waals surface area contributed by atoms with E-state index in [1.807, 2.05) is 30.3 Å². The van der Waals surface area contributed by atoms with E-state index in [9.17, 15) is 9.90 Å². The van der Waals surface area contributed by atoms with Crippen LogP contribution in [-0.4, -0.2) is 32.9 Å². The summed E-state index contributed by atoms with van der Waals surface area (Å²) in [4.78, 5) is 19.2. The summed E-state index contributed by atoms with van der Waals surface area (Å²) in [5.74, 6) is 0.212. The molecule has 0 spiro atoms. The lowest BCUT2D eigenvalue weighted by atomic mass is 10.2.